The number of benzene rings is 3. The molecule has 5 rings (SSSR count). The number of hydrogen-bond acceptors (Lipinski definition) is 6. The first-order valence-corrected chi connectivity index (χ1v) is 15.1. The van der Waals surface area contributed by atoms with E-state index in [1.165, 1.54) is 11.3 Å². The lowest BCUT2D eigenvalue weighted by Gasteiger charge is -2.24. The fraction of sp³-hybridized carbons (Fsp3) is 0.167. The van der Waals surface area contributed by atoms with Crippen LogP contribution in [-0.2, 0) is 16.1 Å². The van der Waals surface area contributed by atoms with Gasteiger partial charge in [0.25, 0.3) is 5.56 Å². The van der Waals surface area contributed by atoms with Crippen molar-refractivity contribution < 1.29 is 14.3 Å². The fourth-order valence-corrected chi connectivity index (χ4v) is 6.32. The Kier molecular flexibility index (Phi) is 8.75. The van der Waals surface area contributed by atoms with Crippen molar-refractivity contribution in [3.63, 3.8) is 0 Å². The van der Waals surface area contributed by atoms with Crippen molar-refractivity contribution in [2.45, 2.75) is 26.5 Å². The van der Waals surface area contributed by atoms with Crippen LogP contribution in [0.2, 0.25) is 5.02 Å². The molecular weight excluding hydrogens is 680 g/mol. The number of hydrogen-bond donors (Lipinski definition) is 0. The summed E-state index contributed by atoms with van der Waals surface area (Å²) in [6, 6.07) is 20.0. The summed E-state index contributed by atoms with van der Waals surface area (Å²) in [5, 5.41) is 0.560. The fourth-order valence-electron chi connectivity index (χ4n) is 4.37. The summed E-state index contributed by atoms with van der Waals surface area (Å²) < 4.78 is 15.2. The van der Waals surface area contributed by atoms with Crippen molar-refractivity contribution >= 4 is 66.8 Å². The van der Waals surface area contributed by atoms with Crippen LogP contribution < -0.4 is 19.6 Å². The van der Waals surface area contributed by atoms with Gasteiger partial charge in [-0.15, -0.1) is 0 Å². The third-order valence-corrected chi connectivity index (χ3v) is 8.65. The van der Waals surface area contributed by atoms with Gasteiger partial charge in [0.1, 0.15) is 12.4 Å². The minimum absolute atomic E-state index is 0.213. The Labute approximate surface area is 256 Å². The van der Waals surface area contributed by atoms with Gasteiger partial charge in [-0.3, -0.25) is 9.36 Å². The second-order valence-electron chi connectivity index (χ2n) is 8.96. The Balaban J connectivity index is 1.51. The first-order chi connectivity index (χ1) is 19.2. The SMILES string of the molecule is CCOC(=O)C1=C(C)N=c2s/c(=C\c3ccc(OCc4ccc(Br)cc4)c(Br)c3)c(=O)n2[C@H]1c1ccc(Cl)cc1. The molecule has 0 aliphatic carbocycles. The first-order valence-electron chi connectivity index (χ1n) is 12.4. The van der Waals surface area contributed by atoms with E-state index < -0.39 is 12.0 Å². The third-order valence-electron chi connectivity index (χ3n) is 6.26. The lowest BCUT2D eigenvalue weighted by molar-refractivity contribution is -0.139. The van der Waals surface area contributed by atoms with Crippen LogP contribution in [0.25, 0.3) is 6.08 Å². The van der Waals surface area contributed by atoms with Crippen LogP contribution >= 0.6 is 54.8 Å². The average molecular weight is 703 g/mol. The molecule has 0 unspecified atom stereocenters. The number of nitrogens with zero attached hydrogens (tertiary/aromatic N) is 2. The minimum Gasteiger partial charge on any atom is -0.488 e. The van der Waals surface area contributed by atoms with Crippen LogP contribution in [0.1, 0.15) is 36.6 Å². The topological polar surface area (TPSA) is 69.9 Å². The zero-order valence-electron chi connectivity index (χ0n) is 21.5. The molecule has 2 heterocycles. The highest BCUT2D eigenvalue weighted by molar-refractivity contribution is 9.10. The van der Waals surface area contributed by atoms with Crippen LogP contribution in [0.4, 0.5) is 0 Å². The third kappa shape index (κ3) is 6.02. The van der Waals surface area contributed by atoms with Gasteiger partial charge in [0, 0.05) is 9.50 Å². The molecule has 1 aliphatic heterocycles. The van der Waals surface area contributed by atoms with Gasteiger partial charge in [-0.05, 0) is 88.9 Å². The predicted molar refractivity (Wildman–Crippen MR) is 164 cm³/mol. The molecule has 0 saturated carbocycles. The van der Waals surface area contributed by atoms with Crippen LogP contribution in [-0.4, -0.2) is 17.1 Å². The molecule has 0 saturated heterocycles. The molecule has 1 atom stereocenters. The lowest BCUT2D eigenvalue weighted by Crippen LogP contribution is -2.39. The van der Waals surface area contributed by atoms with Crippen molar-refractivity contribution in [1.29, 1.82) is 0 Å². The van der Waals surface area contributed by atoms with E-state index in [1.54, 1.807) is 30.5 Å². The van der Waals surface area contributed by atoms with E-state index in [0.29, 0.717) is 38.0 Å². The Morgan fingerprint density at radius 3 is 2.50 bits per heavy atom. The Hall–Kier alpha value is -2.98. The molecule has 1 aliphatic rings. The van der Waals surface area contributed by atoms with Gasteiger partial charge in [0.05, 0.1) is 32.9 Å². The highest BCUT2D eigenvalue weighted by atomic mass is 79.9. The largest absolute Gasteiger partial charge is 0.488 e. The van der Waals surface area contributed by atoms with Gasteiger partial charge >= 0.3 is 5.97 Å². The molecule has 0 N–H and O–H groups in total. The molecule has 10 heteroatoms. The summed E-state index contributed by atoms with van der Waals surface area (Å²) in [7, 11) is 0. The zero-order valence-corrected chi connectivity index (χ0v) is 26.2. The second kappa shape index (κ2) is 12.3. The second-order valence-corrected chi connectivity index (χ2v) is 12.2. The molecule has 0 bridgehead atoms. The number of allylic oxidation sites excluding steroid dienone is 1. The van der Waals surface area contributed by atoms with E-state index in [0.717, 1.165) is 25.6 Å². The van der Waals surface area contributed by atoms with Crippen molar-refractivity contribution in [1.82, 2.24) is 4.57 Å². The van der Waals surface area contributed by atoms with Crippen LogP contribution in [0.15, 0.2) is 96.7 Å². The highest BCUT2D eigenvalue weighted by Crippen LogP contribution is 2.31. The summed E-state index contributed by atoms with van der Waals surface area (Å²) in [5.74, 6) is 0.194. The molecule has 40 heavy (non-hydrogen) atoms. The van der Waals surface area contributed by atoms with Crippen molar-refractivity contribution in [3.8, 4) is 5.75 Å². The standard InChI is InChI=1S/C30H23Br2ClN2O4S/c1-3-38-29(37)26-17(2)34-30-35(27(26)20-7-11-22(33)12-8-20)28(36)25(40-30)15-19-6-13-24(23(32)14-19)39-16-18-4-9-21(31)10-5-18/h4-15,27H,3,16H2,1-2H3/b25-15-/t27-/m0/s1. The van der Waals surface area contributed by atoms with Crippen molar-refractivity contribution in [2.24, 2.45) is 4.99 Å². The molecule has 4 aromatic rings. The van der Waals surface area contributed by atoms with Gasteiger partial charge in [-0.2, -0.15) is 0 Å². The lowest BCUT2D eigenvalue weighted by atomic mass is 9.96. The summed E-state index contributed by atoms with van der Waals surface area (Å²) in [4.78, 5) is 31.9. The van der Waals surface area contributed by atoms with Crippen LogP contribution in [0.3, 0.4) is 0 Å². The van der Waals surface area contributed by atoms with Crippen LogP contribution in [0.5, 0.6) is 5.75 Å². The van der Waals surface area contributed by atoms with E-state index in [2.05, 4.69) is 36.9 Å². The van der Waals surface area contributed by atoms with Gasteiger partial charge in [0.2, 0.25) is 0 Å². The molecule has 0 spiro atoms. The van der Waals surface area contributed by atoms with E-state index in [-0.39, 0.29) is 12.2 Å². The summed E-state index contributed by atoms with van der Waals surface area (Å²) >= 11 is 14.4. The van der Waals surface area contributed by atoms with E-state index in [9.17, 15) is 9.59 Å². The zero-order chi connectivity index (χ0) is 28.4. The quantitative estimate of drug-likeness (QED) is 0.205. The number of aromatic nitrogens is 1. The molecule has 0 fully saturated rings. The summed E-state index contributed by atoms with van der Waals surface area (Å²) in [6.45, 7) is 4.15. The number of esters is 1. The molecule has 6 nitrogen and oxygen atoms in total. The van der Waals surface area contributed by atoms with E-state index >= 15 is 0 Å². The smallest absolute Gasteiger partial charge is 0.338 e. The van der Waals surface area contributed by atoms with E-state index in [4.69, 9.17) is 21.1 Å². The summed E-state index contributed by atoms with van der Waals surface area (Å²) in [5.41, 5.74) is 3.21. The maximum Gasteiger partial charge on any atom is 0.338 e. The van der Waals surface area contributed by atoms with Gasteiger partial charge in [-0.1, -0.05) is 69.2 Å². The van der Waals surface area contributed by atoms with Gasteiger partial charge in [-0.25, -0.2) is 9.79 Å². The maximum absolute atomic E-state index is 13.8. The van der Waals surface area contributed by atoms with Crippen molar-refractivity contribution in [2.75, 3.05) is 6.61 Å². The number of rotatable bonds is 7. The normalized spacial score (nSPS) is 15.0. The minimum atomic E-state index is -0.684. The van der Waals surface area contributed by atoms with E-state index in [1.807, 2.05) is 60.7 Å². The molecular formula is C30H23Br2ClN2O4S. The van der Waals surface area contributed by atoms with Crippen molar-refractivity contribution in [3.05, 3.63) is 128 Å². The number of carbonyl (C=O) groups is 1. The molecule has 0 amide bonds. The predicted octanol–water partition coefficient (Wildman–Crippen LogP) is 6.56. The average Bonchev–Trinajstić information content (AvgIpc) is 3.23. The van der Waals surface area contributed by atoms with Gasteiger partial charge in [0.15, 0.2) is 4.80 Å². The number of fused-ring (bicyclic) bond motifs is 1. The molecule has 204 valence electrons. The number of ether oxygens (including phenoxy) is 2. The van der Waals surface area contributed by atoms with Gasteiger partial charge < -0.3 is 9.47 Å². The number of halogens is 3. The Morgan fingerprint density at radius 1 is 1.10 bits per heavy atom. The highest BCUT2D eigenvalue weighted by Gasteiger charge is 2.33. The molecule has 3 aromatic carbocycles. The summed E-state index contributed by atoms with van der Waals surface area (Å²) in [6.07, 6.45) is 1.81. The number of carbonyl (C=O) groups excluding carboxylic acids is 1. The first kappa shape index (κ1) is 28.5. The maximum atomic E-state index is 13.8. The Bertz CT molecular complexity index is 1800. The molecule has 1 aromatic heterocycles. The monoisotopic (exact) mass is 700 g/mol. The number of thiazole rings is 1. The Morgan fingerprint density at radius 2 is 1.82 bits per heavy atom. The van der Waals surface area contributed by atoms with Crippen LogP contribution in [0, 0.1) is 0 Å². The molecule has 0 radical (unpaired) electrons.